The number of carbonyl (C=O) groups is 2. The molecule has 2 heterocycles. The van der Waals surface area contributed by atoms with E-state index in [4.69, 9.17) is 4.42 Å². The average Bonchev–Trinajstić information content (AvgIpc) is 3.17. The maximum Gasteiger partial charge on any atom is 0.286 e. The zero-order valence-electron chi connectivity index (χ0n) is 14.5. The van der Waals surface area contributed by atoms with Crippen molar-refractivity contribution in [2.45, 2.75) is 38.6 Å². The first-order chi connectivity index (χ1) is 12.2. The lowest BCUT2D eigenvalue weighted by atomic mass is 9.90. The number of benzene rings is 1. The summed E-state index contributed by atoms with van der Waals surface area (Å²) in [6.45, 7) is 3.20. The van der Waals surface area contributed by atoms with Crippen LogP contribution in [0.3, 0.4) is 0 Å². The Morgan fingerprint density at radius 3 is 2.84 bits per heavy atom. The van der Waals surface area contributed by atoms with Crippen LogP contribution < -0.4 is 5.32 Å². The Kier molecular flexibility index (Phi) is 5.53. The van der Waals surface area contributed by atoms with E-state index in [1.165, 1.54) is 17.4 Å². The Morgan fingerprint density at radius 1 is 1.24 bits per heavy atom. The van der Waals surface area contributed by atoms with Gasteiger partial charge in [-0.1, -0.05) is 37.6 Å². The van der Waals surface area contributed by atoms with Crippen molar-refractivity contribution >= 4 is 11.8 Å². The summed E-state index contributed by atoms with van der Waals surface area (Å²) in [4.78, 5) is 26.6. The van der Waals surface area contributed by atoms with Gasteiger partial charge in [0.1, 0.15) is 0 Å². The van der Waals surface area contributed by atoms with E-state index in [0.29, 0.717) is 13.0 Å². The molecule has 0 saturated carbocycles. The van der Waals surface area contributed by atoms with Crippen molar-refractivity contribution in [3.8, 4) is 0 Å². The summed E-state index contributed by atoms with van der Waals surface area (Å²) in [5.74, 6) is 0.0720. The Labute approximate surface area is 148 Å². The van der Waals surface area contributed by atoms with Crippen LogP contribution in [0.15, 0.2) is 47.1 Å². The van der Waals surface area contributed by atoms with Gasteiger partial charge in [0.05, 0.1) is 12.3 Å². The molecular weight excluding hydrogens is 316 g/mol. The fourth-order valence-electron chi connectivity index (χ4n) is 3.46. The van der Waals surface area contributed by atoms with Gasteiger partial charge in [0, 0.05) is 19.5 Å². The van der Waals surface area contributed by atoms with Crippen LogP contribution in [-0.2, 0) is 11.2 Å². The van der Waals surface area contributed by atoms with E-state index in [1.807, 2.05) is 11.0 Å². The van der Waals surface area contributed by atoms with Crippen molar-refractivity contribution in [1.82, 2.24) is 10.2 Å². The van der Waals surface area contributed by atoms with Gasteiger partial charge in [-0.15, -0.1) is 0 Å². The van der Waals surface area contributed by atoms with E-state index in [0.717, 1.165) is 25.8 Å². The molecule has 1 N–H and O–H groups in total. The van der Waals surface area contributed by atoms with Gasteiger partial charge in [-0.2, -0.15) is 0 Å². The highest BCUT2D eigenvalue weighted by molar-refractivity contribution is 5.91. The van der Waals surface area contributed by atoms with Gasteiger partial charge in [0.25, 0.3) is 5.91 Å². The minimum Gasteiger partial charge on any atom is -0.459 e. The zero-order valence-corrected chi connectivity index (χ0v) is 14.5. The fraction of sp³-hybridized carbons (Fsp3) is 0.400. The van der Waals surface area contributed by atoms with E-state index >= 15 is 0 Å². The fourth-order valence-corrected chi connectivity index (χ4v) is 3.46. The smallest absolute Gasteiger partial charge is 0.286 e. The highest BCUT2D eigenvalue weighted by Gasteiger charge is 2.29. The van der Waals surface area contributed by atoms with Gasteiger partial charge < -0.3 is 14.6 Å². The molecule has 1 atom stereocenters. The first-order valence-corrected chi connectivity index (χ1v) is 8.89. The topological polar surface area (TPSA) is 62.6 Å². The summed E-state index contributed by atoms with van der Waals surface area (Å²) < 4.78 is 5.05. The summed E-state index contributed by atoms with van der Waals surface area (Å²) in [6.07, 6.45) is 4.63. The van der Waals surface area contributed by atoms with Gasteiger partial charge in [-0.25, -0.2) is 0 Å². The van der Waals surface area contributed by atoms with Crippen LogP contribution >= 0.6 is 0 Å². The van der Waals surface area contributed by atoms with Crippen LogP contribution in [0.5, 0.6) is 0 Å². The lowest BCUT2D eigenvalue weighted by Gasteiger charge is -2.37. The number of rotatable bonds is 6. The molecule has 0 saturated heterocycles. The number of hydrogen-bond donors (Lipinski definition) is 1. The summed E-state index contributed by atoms with van der Waals surface area (Å²) in [7, 11) is 0. The molecule has 1 aromatic heterocycles. The quantitative estimate of drug-likeness (QED) is 0.877. The number of nitrogens with zero attached hydrogens (tertiary/aromatic N) is 1. The minimum atomic E-state index is -0.285. The molecule has 1 aromatic carbocycles. The van der Waals surface area contributed by atoms with Crippen LogP contribution in [0.25, 0.3) is 0 Å². The van der Waals surface area contributed by atoms with Gasteiger partial charge in [0.15, 0.2) is 5.76 Å². The lowest BCUT2D eigenvalue weighted by Crippen LogP contribution is -2.41. The maximum absolute atomic E-state index is 12.7. The van der Waals surface area contributed by atoms with Crippen LogP contribution in [0, 0.1) is 0 Å². The Morgan fingerprint density at radius 2 is 2.08 bits per heavy atom. The summed E-state index contributed by atoms with van der Waals surface area (Å²) in [5.41, 5.74) is 2.61. The van der Waals surface area contributed by atoms with Gasteiger partial charge >= 0.3 is 0 Å². The summed E-state index contributed by atoms with van der Waals surface area (Å²) in [6, 6.07) is 11.8. The highest BCUT2D eigenvalue weighted by atomic mass is 16.3. The summed E-state index contributed by atoms with van der Waals surface area (Å²) >= 11 is 0. The molecule has 132 valence electrons. The van der Waals surface area contributed by atoms with E-state index in [9.17, 15) is 9.59 Å². The molecule has 2 amide bonds. The largest absolute Gasteiger partial charge is 0.459 e. The molecule has 5 nitrogen and oxygen atoms in total. The highest BCUT2D eigenvalue weighted by Crippen LogP contribution is 2.33. The van der Waals surface area contributed by atoms with Crippen molar-refractivity contribution in [2.24, 2.45) is 0 Å². The molecule has 0 aliphatic carbocycles. The van der Waals surface area contributed by atoms with E-state index in [1.54, 1.807) is 12.1 Å². The first-order valence-electron chi connectivity index (χ1n) is 8.89. The van der Waals surface area contributed by atoms with Crippen molar-refractivity contribution in [2.75, 3.05) is 13.1 Å². The number of fused-ring (bicyclic) bond motifs is 1. The number of furan rings is 1. The molecule has 0 radical (unpaired) electrons. The van der Waals surface area contributed by atoms with Crippen molar-refractivity contribution in [1.29, 1.82) is 0 Å². The van der Waals surface area contributed by atoms with Gasteiger partial charge in [-0.3, -0.25) is 9.59 Å². The van der Waals surface area contributed by atoms with Crippen molar-refractivity contribution in [3.63, 3.8) is 0 Å². The predicted molar refractivity (Wildman–Crippen MR) is 95.2 cm³/mol. The molecule has 1 aliphatic rings. The zero-order chi connectivity index (χ0) is 17.6. The minimum absolute atomic E-state index is 0.0905. The predicted octanol–water partition coefficient (Wildman–Crippen LogP) is 3.33. The first kappa shape index (κ1) is 17.3. The third-order valence-corrected chi connectivity index (χ3v) is 4.66. The third-order valence-electron chi connectivity index (χ3n) is 4.66. The molecule has 0 bridgehead atoms. The second-order valence-electron chi connectivity index (χ2n) is 6.32. The molecule has 0 fully saturated rings. The van der Waals surface area contributed by atoms with Gasteiger partial charge in [-0.05, 0) is 36.1 Å². The molecule has 1 unspecified atom stereocenters. The number of amides is 2. The second kappa shape index (κ2) is 8.01. The molecule has 1 aliphatic heterocycles. The lowest BCUT2D eigenvalue weighted by molar-refractivity contribution is -0.134. The third kappa shape index (κ3) is 3.92. The van der Waals surface area contributed by atoms with Crippen molar-refractivity contribution < 1.29 is 14.0 Å². The molecule has 2 aromatic rings. The van der Waals surface area contributed by atoms with Crippen LogP contribution in [0.2, 0.25) is 0 Å². The number of carbonyl (C=O) groups excluding carboxylic acids is 2. The molecule has 25 heavy (non-hydrogen) atoms. The monoisotopic (exact) mass is 340 g/mol. The Bertz CT molecular complexity index is 724. The summed E-state index contributed by atoms with van der Waals surface area (Å²) in [5, 5.41) is 2.74. The standard InChI is InChI=1S/C20H24N2O3/c1-2-6-17-16-8-4-3-7-15(16)11-13-22(17)19(23)10-12-21-20(24)18-9-5-14-25-18/h3-5,7-9,14,17H,2,6,10-13H2,1H3,(H,21,24). The Hall–Kier alpha value is -2.56. The number of hydrogen-bond acceptors (Lipinski definition) is 3. The van der Waals surface area contributed by atoms with Gasteiger partial charge in [0.2, 0.25) is 5.91 Å². The Balaban J connectivity index is 1.60. The molecule has 3 rings (SSSR count). The van der Waals surface area contributed by atoms with Crippen LogP contribution in [-0.4, -0.2) is 29.8 Å². The van der Waals surface area contributed by atoms with Crippen LogP contribution in [0.4, 0.5) is 0 Å². The second-order valence-corrected chi connectivity index (χ2v) is 6.32. The van der Waals surface area contributed by atoms with E-state index in [-0.39, 0.29) is 23.6 Å². The molecular formula is C20H24N2O3. The van der Waals surface area contributed by atoms with Crippen LogP contribution in [0.1, 0.15) is 53.9 Å². The normalized spacial score (nSPS) is 16.4. The van der Waals surface area contributed by atoms with E-state index in [2.05, 4.69) is 30.4 Å². The molecule has 5 heteroatoms. The number of nitrogens with one attached hydrogen (secondary N) is 1. The SMILES string of the molecule is CCCC1c2ccccc2CCN1C(=O)CCNC(=O)c1ccco1. The van der Waals surface area contributed by atoms with Crippen molar-refractivity contribution in [3.05, 3.63) is 59.5 Å². The average molecular weight is 340 g/mol. The maximum atomic E-state index is 12.7. The van der Waals surface area contributed by atoms with E-state index < -0.39 is 0 Å². The molecule has 0 spiro atoms.